The van der Waals surface area contributed by atoms with Gasteiger partial charge in [0.2, 0.25) is 5.76 Å². The Morgan fingerprint density at radius 1 is 1.15 bits per heavy atom. The van der Waals surface area contributed by atoms with Crippen LogP contribution in [0.15, 0.2) is 41.1 Å². The first-order valence-corrected chi connectivity index (χ1v) is 10.5. The van der Waals surface area contributed by atoms with Crippen LogP contribution in [0.5, 0.6) is 0 Å². The molecule has 2 aromatic heterocycles. The lowest BCUT2D eigenvalue weighted by Crippen LogP contribution is -2.45. The number of oxazole rings is 1. The minimum Gasteiger partial charge on any atom is -0.435 e. The van der Waals surface area contributed by atoms with Gasteiger partial charge in [0, 0.05) is 12.6 Å². The molecular weight excluding hydrogens is 439 g/mol. The summed E-state index contributed by atoms with van der Waals surface area (Å²) in [6.45, 7) is 4.47. The summed E-state index contributed by atoms with van der Waals surface area (Å²) in [7, 11) is 0. The minimum atomic E-state index is -4.80. The zero-order valence-corrected chi connectivity index (χ0v) is 18.4. The van der Waals surface area contributed by atoms with Crippen molar-refractivity contribution in [1.82, 2.24) is 24.9 Å². The van der Waals surface area contributed by atoms with Gasteiger partial charge in [-0.1, -0.05) is 12.1 Å². The van der Waals surface area contributed by atoms with Gasteiger partial charge >= 0.3 is 6.18 Å². The zero-order chi connectivity index (χ0) is 24.0. The molecular formula is C22H24F3N5O3. The van der Waals surface area contributed by atoms with E-state index in [0.717, 1.165) is 0 Å². The summed E-state index contributed by atoms with van der Waals surface area (Å²) in [5.74, 6) is -2.27. The summed E-state index contributed by atoms with van der Waals surface area (Å²) >= 11 is 0. The topological polar surface area (TPSA) is 97.3 Å². The van der Waals surface area contributed by atoms with Crippen molar-refractivity contribution in [2.24, 2.45) is 0 Å². The lowest BCUT2D eigenvalue weighted by Gasteiger charge is -2.37. The van der Waals surface area contributed by atoms with Crippen molar-refractivity contribution in [2.45, 2.75) is 57.3 Å². The Hall–Kier alpha value is -3.21. The fourth-order valence-corrected chi connectivity index (χ4v) is 4.03. The number of hydrogen-bond acceptors (Lipinski definition) is 6. The summed E-state index contributed by atoms with van der Waals surface area (Å²) < 4.78 is 45.6. The molecule has 176 valence electrons. The average Bonchev–Trinajstić information content (AvgIpc) is 3.43. The molecule has 0 bridgehead atoms. The van der Waals surface area contributed by atoms with Crippen molar-refractivity contribution in [2.75, 3.05) is 6.54 Å². The van der Waals surface area contributed by atoms with Crippen LogP contribution in [0, 0.1) is 0 Å². The summed E-state index contributed by atoms with van der Waals surface area (Å²) in [6, 6.07) is 6.74. The molecule has 0 radical (unpaired) electrons. The number of hydrogen-bond donors (Lipinski definition) is 1. The van der Waals surface area contributed by atoms with E-state index in [2.05, 4.69) is 15.2 Å². The van der Waals surface area contributed by atoms with Crippen LogP contribution in [0.3, 0.4) is 0 Å². The third-order valence-corrected chi connectivity index (χ3v) is 5.74. The molecule has 8 nitrogen and oxygen atoms in total. The lowest BCUT2D eigenvalue weighted by molar-refractivity contribution is -0.156. The van der Waals surface area contributed by atoms with Gasteiger partial charge in [0.05, 0.1) is 29.6 Å². The van der Waals surface area contributed by atoms with Gasteiger partial charge in [-0.25, -0.2) is 4.98 Å². The SMILES string of the molecule is C[C@@H]1CC[C@@H](c2nc(C(C)(C)O)c(C(F)(F)F)o2)CN1C(=O)c1ccccc1-n1nccn1. The van der Waals surface area contributed by atoms with Gasteiger partial charge in [-0.15, -0.1) is 0 Å². The van der Waals surface area contributed by atoms with Gasteiger partial charge < -0.3 is 14.4 Å². The number of halogens is 3. The van der Waals surface area contributed by atoms with Gasteiger partial charge in [-0.05, 0) is 45.7 Å². The Morgan fingerprint density at radius 3 is 2.42 bits per heavy atom. The molecule has 33 heavy (non-hydrogen) atoms. The van der Waals surface area contributed by atoms with Gasteiger partial charge in [0.25, 0.3) is 5.91 Å². The van der Waals surface area contributed by atoms with E-state index in [1.807, 2.05) is 6.92 Å². The van der Waals surface area contributed by atoms with E-state index in [1.165, 1.54) is 31.0 Å². The molecule has 3 heterocycles. The third-order valence-electron chi connectivity index (χ3n) is 5.74. The summed E-state index contributed by atoms with van der Waals surface area (Å²) in [5, 5.41) is 18.4. The standard InChI is InChI=1S/C22H24F3N5O3/c1-13-8-9-14(19-28-17(21(2,3)32)18(33-19)22(23,24)25)12-29(13)20(31)15-6-4-5-7-16(15)30-26-10-11-27-30/h4-7,10-11,13-14,32H,8-9,12H2,1-3H3/t13-,14-/m1/s1. The van der Waals surface area contributed by atoms with Crippen LogP contribution in [0.1, 0.15) is 67.2 Å². The molecule has 4 rings (SSSR count). The van der Waals surface area contributed by atoms with E-state index in [1.54, 1.807) is 29.2 Å². The molecule has 2 atom stereocenters. The summed E-state index contributed by atoms with van der Waals surface area (Å²) in [4.78, 5) is 20.5. The van der Waals surface area contributed by atoms with Crippen LogP contribution in [0.25, 0.3) is 5.69 Å². The fraction of sp³-hybridized carbons (Fsp3) is 0.455. The molecule has 1 aliphatic rings. The van der Waals surface area contributed by atoms with Crippen LogP contribution >= 0.6 is 0 Å². The van der Waals surface area contributed by atoms with E-state index in [4.69, 9.17) is 4.42 Å². The van der Waals surface area contributed by atoms with Gasteiger partial charge in [-0.3, -0.25) is 4.79 Å². The molecule has 0 aliphatic carbocycles. The maximum Gasteiger partial charge on any atom is 0.451 e. The molecule has 1 amide bonds. The van der Waals surface area contributed by atoms with Crippen LogP contribution in [-0.4, -0.2) is 48.5 Å². The highest BCUT2D eigenvalue weighted by atomic mass is 19.4. The number of para-hydroxylation sites is 1. The van der Waals surface area contributed by atoms with Crippen molar-refractivity contribution < 1.29 is 27.5 Å². The molecule has 1 aromatic carbocycles. The van der Waals surface area contributed by atoms with E-state index in [0.29, 0.717) is 24.1 Å². The number of carbonyl (C=O) groups excluding carboxylic acids is 1. The quantitative estimate of drug-likeness (QED) is 0.630. The van der Waals surface area contributed by atoms with Crippen molar-refractivity contribution in [3.05, 3.63) is 59.6 Å². The number of likely N-dealkylation sites (tertiary alicyclic amines) is 1. The predicted octanol–water partition coefficient (Wildman–Crippen LogP) is 3.91. The van der Waals surface area contributed by atoms with Crippen LogP contribution in [-0.2, 0) is 11.8 Å². The number of benzene rings is 1. The Balaban J connectivity index is 1.66. The van der Waals surface area contributed by atoms with Gasteiger partial charge in [-0.2, -0.15) is 28.2 Å². The van der Waals surface area contributed by atoms with E-state index in [9.17, 15) is 23.1 Å². The number of nitrogens with zero attached hydrogens (tertiary/aromatic N) is 5. The smallest absolute Gasteiger partial charge is 0.435 e. The highest BCUT2D eigenvalue weighted by Gasteiger charge is 2.45. The van der Waals surface area contributed by atoms with E-state index in [-0.39, 0.29) is 24.4 Å². The predicted molar refractivity (Wildman–Crippen MR) is 111 cm³/mol. The second-order valence-corrected chi connectivity index (χ2v) is 8.70. The van der Waals surface area contributed by atoms with Crippen LogP contribution < -0.4 is 0 Å². The summed E-state index contributed by atoms with van der Waals surface area (Å²) in [5.41, 5.74) is -1.51. The molecule has 0 spiro atoms. The van der Waals surface area contributed by atoms with Crippen molar-refractivity contribution in [3.8, 4) is 5.69 Å². The zero-order valence-electron chi connectivity index (χ0n) is 18.4. The molecule has 3 aromatic rings. The number of alkyl halides is 3. The Kier molecular flexibility index (Phi) is 5.77. The molecule has 1 saturated heterocycles. The number of aliphatic hydroxyl groups is 1. The molecule has 0 saturated carbocycles. The van der Waals surface area contributed by atoms with E-state index < -0.39 is 29.1 Å². The molecule has 11 heteroatoms. The van der Waals surface area contributed by atoms with Gasteiger partial charge in [0.15, 0.2) is 5.89 Å². The molecule has 1 fully saturated rings. The molecule has 1 aliphatic heterocycles. The van der Waals surface area contributed by atoms with Crippen LogP contribution in [0.2, 0.25) is 0 Å². The number of aromatic nitrogens is 4. The highest BCUT2D eigenvalue weighted by molar-refractivity contribution is 5.98. The maximum absolute atomic E-state index is 13.5. The van der Waals surface area contributed by atoms with Crippen LogP contribution in [0.4, 0.5) is 13.2 Å². The molecule has 0 unspecified atom stereocenters. The number of piperidine rings is 1. The maximum atomic E-state index is 13.5. The van der Waals surface area contributed by atoms with Crippen molar-refractivity contribution >= 4 is 5.91 Å². The largest absolute Gasteiger partial charge is 0.451 e. The minimum absolute atomic E-state index is 0.129. The first kappa shape index (κ1) is 23.0. The Morgan fingerprint density at radius 2 is 1.82 bits per heavy atom. The van der Waals surface area contributed by atoms with Gasteiger partial charge in [0.1, 0.15) is 11.3 Å². The normalized spacial score (nSPS) is 19.7. The second kappa shape index (κ2) is 8.29. The summed E-state index contributed by atoms with van der Waals surface area (Å²) in [6.07, 6.45) is -0.742. The van der Waals surface area contributed by atoms with Crippen molar-refractivity contribution in [1.29, 1.82) is 0 Å². The highest BCUT2D eigenvalue weighted by Crippen LogP contribution is 2.40. The van der Waals surface area contributed by atoms with Crippen molar-refractivity contribution in [3.63, 3.8) is 0 Å². The number of amides is 1. The Labute approximate surface area is 188 Å². The lowest BCUT2D eigenvalue weighted by atomic mass is 9.92. The Bertz CT molecular complexity index is 1100. The third kappa shape index (κ3) is 4.50. The van der Waals surface area contributed by atoms with E-state index >= 15 is 0 Å². The second-order valence-electron chi connectivity index (χ2n) is 8.70. The monoisotopic (exact) mass is 463 g/mol. The average molecular weight is 463 g/mol. The number of rotatable bonds is 4. The molecule has 1 N–H and O–H groups in total. The number of carbonyl (C=O) groups is 1. The first-order valence-electron chi connectivity index (χ1n) is 10.5. The fourth-order valence-electron chi connectivity index (χ4n) is 4.03. The first-order chi connectivity index (χ1) is 15.5.